The second-order valence-corrected chi connectivity index (χ2v) is 11.5. The van der Waals surface area contributed by atoms with Crippen molar-refractivity contribution in [1.82, 2.24) is 9.80 Å². The van der Waals surface area contributed by atoms with Crippen LogP contribution in [-0.4, -0.2) is 81.1 Å². The van der Waals surface area contributed by atoms with Crippen LogP contribution in [0.1, 0.15) is 25.8 Å². The number of nitrogens with zero attached hydrogens (tertiary/aromatic N) is 2. The smallest absolute Gasteiger partial charge is 0.312 e. The molecule has 1 aromatic rings. The fourth-order valence-corrected chi connectivity index (χ4v) is 7.14. The number of aliphatic hydroxyl groups excluding tert-OH is 1. The molecular weight excluding hydrogens is 540 g/mol. The minimum absolute atomic E-state index is 0.0183. The van der Waals surface area contributed by atoms with Crippen LogP contribution in [0.3, 0.4) is 0 Å². The zero-order valence-electron chi connectivity index (χ0n) is 21.3. The molecule has 3 aliphatic heterocycles. The van der Waals surface area contributed by atoms with Crippen molar-refractivity contribution in [2.75, 3.05) is 19.8 Å². The summed E-state index contributed by atoms with van der Waals surface area (Å²) in [5.74, 6) is -3.07. The second-order valence-electron chi connectivity index (χ2n) is 10.3. The SMILES string of the molecule is C=CCOC(=O)[C@H]1[C@@H]2OC3(CC2Br)C(C(=O)N(CC=C)Cc2ccccc2)N([C@@H](CO)C(C)C)C(=O)[C@H]13. The van der Waals surface area contributed by atoms with Crippen LogP contribution in [0.5, 0.6) is 0 Å². The summed E-state index contributed by atoms with van der Waals surface area (Å²) in [6.07, 6.45) is 2.91. The Kier molecular flexibility index (Phi) is 8.26. The van der Waals surface area contributed by atoms with E-state index in [1.54, 1.807) is 11.0 Å². The number of carbonyl (C=O) groups is 3. The third-order valence-corrected chi connectivity index (χ3v) is 8.61. The van der Waals surface area contributed by atoms with E-state index in [-0.39, 0.29) is 42.3 Å². The first-order chi connectivity index (χ1) is 17.7. The van der Waals surface area contributed by atoms with Crippen LogP contribution in [0.15, 0.2) is 55.6 Å². The quantitative estimate of drug-likeness (QED) is 0.248. The molecular formula is C28H35BrN2O6. The molecule has 0 radical (unpaired) electrons. The van der Waals surface area contributed by atoms with Crippen LogP contribution < -0.4 is 0 Å². The van der Waals surface area contributed by atoms with Crippen molar-refractivity contribution in [3.05, 3.63) is 61.2 Å². The van der Waals surface area contributed by atoms with E-state index in [9.17, 15) is 19.5 Å². The van der Waals surface area contributed by atoms with Gasteiger partial charge in [0, 0.05) is 17.9 Å². The molecule has 8 nitrogen and oxygen atoms in total. The van der Waals surface area contributed by atoms with Crippen LogP contribution in [0.4, 0.5) is 0 Å². The first-order valence-corrected chi connectivity index (χ1v) is 13.6. The summed E-state index contributed by atoms with van der Waals surface area (Å²) in [6, 6.07) is 7.97. The van der Waals surface area contributed by atoms with Crippen LogP contribution in [0.25, 0.3) is 0 Å². The number of esters is 1. The van der Waals surface area contributed by atoms with Gasteiger partial charge in [0.05, 0.1) is 30.6 Å². The van der Waals surface area contributed by atoms with Gasteiger partial charge in [-0.15, -0.1) is 6.58 Å². The zero-order valence-corrected chi connectivity index (χ0v) is 22.9. The fraction of sp³-hybridized carbons (Fsp3) is 0.536. The minimum atomic E-state index is -1.22. The molecule has 3 unspecified atom stereocenters. The number of likely N-dealkylation sites (tertiary alicyclic amines) is 1. The highest BCUT2D eigenvalue weighted by Gasteiger charge is 2.77. The first-order valence-electron chi connectivity index (χ1n) is 12.7. The molecule has 1 N–H and O–H groups in total. The van der Waals surface area contributed by atoms with Crippen LogP contribution in [-0.2, 0) is 30.4 Å². The molecule has 0 saturated carbocycles. The third kappa shape index (κ3) is 4.66. The van der Waals surface area contributed by atoms with Crippen molar-refractivity contribution >= 4 is 33.7 Å². The summed E-state index contributed by atoms with van der Waals surface area (Å²) < 4.78 is 11.9. The lowest BCUT2D eigenvalue weighted by atomic mass is 9.70. The number of hydrogen-bond acceptors (Lipinski definition) is 6. The third-order valence-electron chi connectivity index (χ3n) is 7.77. The zero-order chi connectivity index (χ0) is 26.9. The molecule has 1 spiro atoms. The lowest BCUT2D eigenvalue weighted by molar-refractivity contribution is -0.156. The van der Waals surface area contributed by atoms with Gasteiger partial charge < -0.3 is 24.4 Å². The molecule has 1 aromatic carbocycles. The predicted molar refractivity (Wildman–Crippen MR) is 141 cm³/mol. The van der Waals surface area contributed by atoms with E-state index in [0.29, 0.717) is 13.0 Å². The van der Waals surface area contributed by atoms with E-state index >= 15 is 0 Å². The Labute approximate surface area is 226 Å². The first kappa shape index (κ1) is 27.5. The molecule has 0 aliphatic carbocycles. The summed E-state index contributed by atoms with van der Waals surface area (Å²) in [6.45, 7) is 11.5. The number of hydrogen-bond donors (Lipinski definition) is 1. The second kappa shape index (κ2) is 11.1. The fourth-order valence-electron chi connectivity index (χ4n) is 6.20. The molecule has 3 saturated heterocycles. The van der Waals surface area contributed by atoms with E-state index < -0.39 is 41.6 Å². The number of rotatable bonds is 11. The average molecular weight is 576 g/mol. The number of ether oxygens (including phenoxy) is 2. The molecule has 3 heterocycles. The van der Waals surface area contributed by atoms with Crippen LogP contribution in [0.2, 0.25) is 0 Å². The maximum atomic E-state index is 14.4. The lowest BCUT2D eigenvalue weighted by Gasteiger charge is -2.40. The van der Waals surface area contributed by atoms with Crippen LogP contribution >= 0.6 is 15.9 Å². The molecule has 3 aliphatic rings. The van der Waals surface area contributed by atoms with Crippen molar-refractivity contribution in [3.63, 3.8) is 0 Å². The van der Waals surface area contributed by atoms with Gasteiger partial charge in [0.15, 0.2) is 0 Å². The molecule has 2 bridgehead atoms. The van der Waals surface area contributed by atoms with Gasteiger partial charge in [-0.2, -0.15) is 0 Å². The number of alkyl halides is 1. The maximum absolute atomic E-state index is 14.4. The summed E-state index contributed by atoms with van der Waals surface area (Å²) >= 11 is 3.65. The van der Waals surface area contributed by atoms with E-state index in [4.69, 9.17) is 9.47 Å². The van der Waals surface area contributed by atoms with Crippen molar-refractivity contribution in [2.45, 2.75) is 55.4 Å². The van der Waals surface area contributed by atoms with E-state index in [2.05, 4.69) is 29.1 Å². The summed E-state index contributed by atoms with van der Waals surface area (Å²) in [7, 11) is 0. The van der Waals surface area contributed by atoms with Crippen molar-refractivity contribution < 1.29 is 29.0 Å². The average Bonchev–Trinajstić information content (AvgIpc) is 3.46. The van der Waals surface area contributed by atoms with E-state index in [1.165, 1.54) is 11.0 Å². The molecule has 200 valence electrons. The molecule has 7 atom stereocenters. The number of halogens is 1. The van der Waals surface area contributed by atoms with Crippen molar-refractivity contribution in [1.29, 1.82) is 0 Å². The number of benzene rings is 1. The number of aliphatic hydroxyl groups is 1. The molecule has 4 rings (SSSR count). The van der Waals surface area contributed by atoms with Gasteiger partial charge in [-0.25, -0.2) is 0 Å². The topological polar surface area (TPSA) is 96.4 Å². The van der Waals surface area contributed by atoms with Gasteiger partial charge in [0.2, 0.25) is 11.8 Å². The van der Waals surface area contributed by atoms with Crippen molar-refractivity contribution in [3.8, 4) is 0 Å². The maximum Gasteiger partial charge on any atom is 0.312 e. The molecule has 3 fully saturated rings. The Balaban J connectivity index is 1.79. The van der Waals surface area contributed by atoms with Gasteiger partial charge >= 0.3 is 5.97 Å². The number of amides is 2. The highest BCUT2D eigenvalue weighted by Crippen LogP contribution is 2.61. The minimum Gasteiger partial charge on any atom is -0.461 e. The Morgan fingerprint density at radius 1 is 1.30 bits per heavy atom. The van der Waals surface area contributed by atoms with E-state index in [0.717, 1.165) is 5.56 Å². The Bertz CT molecular complexity index is 1050. The molecule has 0 aromatic heterocycles. The predicted octanol–water partition coefficient (Wildman–Crippen LogP) is 2.70. The van der Waals surface area contributed by atoms with Gasteiger partial charge in [-0.1, -0.05) is 78.8 Å². The van der Waals surface area contributed by atoms with Crippen LogP contribution in [0, 0.1) is 17.8 Å². The standard InChI is InChI=1S/C28H35BrN2O6/c1-5-12-30(15-18-10-8-7-9-11-18)26(34)24-28-14-19(29)23(37-28)21(27(35)36-13-6-2)22(28)25(33)31(24)20(16-32)17(3)4/h5-11,17,19-24,32H,1-2,12-16H2,3-4H3/t19?,20-,21+,22-,23+,24?,28?/m0/s1. The summed E-state index contributed by atoms with van der Waals surface area (Å²) in [4.78, 5) is 44.6. The Morgan fingerprint density at radius 3 is 2.59 bits per heavy atom. The Morgan fingerprint density at radius 2 is 2.00 bits per heavy atom. The van der Waals surface area contributed by atoms with Gasteiger partial charge in [0.25, 0.3) is 0 Å². The van der Waals surface area contributed by atoms with Gasteiger partial charge in [-0.05, 0) is 17.9 Å². The normalized spacial score (nSPS) is 30.8. The highest BCUT2D eigenvalue weighted by atomic mass is 79.9. The number of carbonyl (C=O) groups excluding carboxylic acids is 3. The number of fused-ring (bicyclic) bond motifs is 1. The highest BCUT2D eigenvalue weighted by molar-refractivity contribution is 9.09. The van der Waals surface area contributed by atoms with Crippen molar-refractivity contribution in [2.24, 2.45) is 17.8 Å². The molecule has 9 heteroatoms. The lowest BCUT2D eigenvalue weighted by Crippen LogP contribution is -2.59. The molecule has 37 heavy (non-hydrogen) atoms. The monoisotopic (exact) mass is 574 g/mol. The largest absolute Gasteiger partial charge is 0.461 e. The summed E-state index contributed by atoms with van der Waals surface area (Å²) in [5, 5.41) is 10.3. The van der Waals surface area contributed by atoms with Gasteiger partial charge in [0.1, 0.15) is 18.2 Å². The molecule has 2 amide bonds. The van der Waals surface area contributed by atoms with Gasteiger partial charge in [-0.3, -0.25) is 14.4 Å². The summed E-state index contributed by atoms with van der Waals surface area (Å²) in [5.41, 5.74) is -0.283. The Hall–Kier alpha value is -2.49. The van der Waals surface area contributed by atoms with E-state index in [1.807, 2.05) is 44.2 Å².